The summed E-state index contributed by atoms with van der Waals surface area (Å²) in [5.41, 5.74) is 2.01. The molecule has 0 radical (unpaired) electrons. The Kier molecular flexibility index (Phi) is 7.69. The zero-order chi connectivity index (χ0) is 22.3. The van der Waals surface area contributed by atoms with E-state index in [4.69, 9.17) is 4.74 Å². The first kappa shape index (κ1) is 23.1. The fourth-order valence-electron chi connectivity index (χ4n) is 2.77. The molecule has 2 amide bonds. The van der Waals surface area contributed by atoms with Gasteiger partial charge in [0, 0.05) is 17.8 Å². The summed E-state index contributed by atoms with van der Waals surface area (Å²) < 4.78 is 18.0. The number of hydrogen-bond acceptors (Lipinski definition) is 4. The Morgan fingerprint density at radius 2 is 1.60 bits per heavy atom. The van der Waals surface area contributed by atoms with Crippen LogP contribution in [0.4, 0.5) is 10.1 Å². The molecule has 0 heterocycles. The molecule has 30 heavy (non-hydrogen) atoms. The Bertz CT molecular complexity index is 887. The van der Waals surface area contributed by atoms with E-state index in [1.807, 2.05) is 12.1 Å². The minimum atomic E-state index is -0.724. The predicted octanol–water partition coefficient (Wildman–Crippen LogP) is 3.45. The van der Waals surface area contributed by atoms with E-state index in [0.717, 1.165) is 5.56 Å². The molecule has 0 spiro atoms. The Hall–Kier alpha value is -3.22. The molecule has 0 atom stereocenters. The number of esters is 1. The van der Waals surface area contributed by atoms with Crippen LogP contribution in [0.1, 0.15) is 43.6 Å². The van der Waals surface area contributed by atoms with E-state index >= 15 is 0 Å². The zero-order valence-electron chi connectivity index (χ0n) is 17.7. The number of benzene rings is 2. The first-order chi connectivity index (χ1) is 14.1. The fourth-order valence-corrected chi connectivity index (χ4v) is 2.77. The number of carbonyl (C=O) groups excluding carboxylic acids is 3. The van der Waals surface area contributed by atoms with Crippen LogP contribution in [0.15, 0.2) is 48.5 Å². The maximum Gasteiger partial charge on any atom is 0.325 e. The van der Waals surface area contributed by atoms with Crippen molar-refractivity contribution in [3.63, 3.8) is 0 Å². The van der Waals surface area contributed by atoms with Crippen molar-refractivity contribution in [3.8, 4) is 0 Å². The normalized spacial score (nSPS) is 11.0. The van der Waals surface area contributed by atoms with Crippen molar-refractivity contribution >= 4 is 23.5 Å². The average molecular weight is 414 g/mol. The first-order valence-electron chi connectivity index (χ1n) is 9.72. The summed E-state index contributed by atoms with van der Waals surface area (Å²) in [7, 11) is 0. The highest BCUT2D eigenvalue weighted by Gasteiger charge is 2.17. The molecule has 2 aromatic carbocycles. The second-order valence-corrected chi connectivity index (χ2v) is 7.79. The Morgan fingerprint density at radius 1 is 1.00 bits per heavy atom. The lowest BCUT2D eigenvalue weighted by Gasteiger charge is -2.21. The molecule has 0 aromatic heterocycles. The third-order valence-electron chi connectivity index (χ3n) is 4.52. The molecule has 0 saturated heterocycles. The van der Waals surface area contributed by atoms with Crippen molar-refractivity contribution < 1.29 is 23.5 Å². The van der Waals surface area contributed by atoms with Gasteiger partial charge in [-0.25, -0.2) is 4.39 Å². The fraction of sp³-hybridized carbons (Fsp3) is 0.348. The van der Waals surface area contributed by atoms with Gasteiger partial charge in [-0.2, -0.15) is 0 Å². The topological polar surface area (TPSA) is 75.7 Å². The van der Waals surface area contributed by atoms with Crippen LogP contribution in [0.5, 0.6) is 0 Å². The molecule has 0 unspecified atom stereocenters. The minimum absolute atomic E-state index is 0.0222. The highest BCUT2D eigenvalue weighted by Crippen LogP contribution is 2.22. The van der Waals surface area contributed by atoms with Gasteiger partial charge in [-0.1, -0.05) is 32.9 Å². The van der Waals surface area contributed by atoms with Gasteiger partial charge < -0.3 is 15.0 Å². The van der Waals surface area contributed by atoms with Crippen LogP contribution in [0.3, 0.4) is 0 Å². The maximum atomic E-state index is 13.0. The largest absolute Gasteiger partial charge is 0.454 e. The van der Waals surface area contributed by atoms with Crippen molar-refractivity contribution in [2.24, 2.45) is 0 Å². The number of carbonyl (C=O) groups is 3. The van der Waals surface area contributed by atoms with E-state index in [1.54, 1.807) is 19.1 Å². The summed E-state index contributed by atoms with van der Waals surface area (Å²) in [5.74, 6) is -1.97. The molecule has 7 heteroatoms. The second kappa shape index (κ2) is 10.0. The minimum Gasteiger partial charge on any atom is -0.454 e. The number of rotatable bonds is 7. The van der Waals surface area contributed by atoms with Gasteiger partial charge in [0.15, 0.2) is 6.61 Å². The maximum absolute atomic E-state index is 13.0. The van der Waals surface area contributed by atoms with Gasteiger partial charge in [-0.05, 0) is 54.3 Å². The summed E-state index contributed by atoms with van der Waals surface area (Å²) in [6.07, 6.45) is 0. The Balaban J connectivity index is 1.83. The van der Waals surface area contributed by atoms with E-state index in [0.29, 0.717) is 17.8 Å². The van der Waals surface area contributed by atoms with Gasteiger partial charge in [0.25, 0.3) is 11.8 Å². The summed E-state index contributed by atoms with van der Waals surface area (Å²) in [5, 5.41) is 2.48. The first-order valence-corrected chi connectivity index (χ1v) is 9.72. The molecule has 2 aromatic rings. The molecule has 6 nitrogen and oxygen atoms in total. The number of hydrogen-bond donors (Lipinski definition) is 1. The van der Waals surface area contributed by atoms with Crippen LogP contribution in [0.2, 0.25) is 0 Å². The molecule has 0 bridgehead atoms. The molecule has 2 rings (SSSR count). The Labute approximate surface area is 176 Å². The monoisotopic (exact) mass is 414 g/mol. The smallest absolute Gasteiger partial charge is 0.325 e. The number of ether oxygens (including phenoxy) is 1. The molecular weight excluding hydrogens is 387 g/mol. The number of halogens is 1. The van der Waals surface area contributed by atoms with Gasteiger partial charge >= 0.3 is 5.97 Å². The third kappa shape index (κ3) is 6.40. The van der Waals surface area contributed by atoms with E-state index in [-0.39, 0.29) is 12.0 Å². The lowest BCUT2D eigenvalue weighted by molar-refractivity contribution is -0.146. The van der Waals surface area contributed by atoms with Crippen molar-refractivity contribution in [2.75, 3.05) is 24.6 Å². The molecule has 0 aliphatic rings. The summed E-state index contributed by atoms with van der Waals surface area (Å²) in [6.45, 7) is 7.51. The summed E-state index contributed by atoms with van der Waals surface area (Å²) in [4.78, 5) is 37.8. The summed E-state index contributed by atoms with van der Waals surface area (Å²) in [6, 6.07) is 12.6. The van der Waals surface area contributed by atoms with E-state index < -0.39 is 30.2 Å². The molecule has 0 aliphatic heterocycles. The van der Waals surface area contributed by atoms with Crippen molar-refractivity contribution in [3.05, 3.63) is 65.5 Å². The van der Waals surface area contributed by atoms with Gasteiger partial charge in [0.2, 0.25) is 0 Å². The average Bonchev–Trinajstić information content (AvgIpc) is 2.71. The van der Waals surface area contributed by atoms with Crippen LogP contribution in [0.25, 0.3) is 0 Å². The van der Waals surface area contributed by atoms with E-state index in [9.17, 15) is 18.8 Å². The van der Waals surface area contributed by atoms with Gasteiger partial charge in [-0.15, -0.1) is 0 Å². The molecule has 0 saturated carbocycles. The van der Waals surface area contributed by atoms with Crippen LogP contribution < -0.4 is 10.2 Å². The van der Waals surface area contributed by atoms with Gasteiger partial charge in [-0.3, -0.25) is 14.4 Å². The van der Waals surface area contributed by atoms with Crippen LogP contribution >= 0.6 is 0 Å². The quantitative estimate of drug-likeness (QED) is 0.704. The van der Waals surface area contributed by atoms with Crippen molar-refractivity contribution in [1.82, 2.24) is 5.32 Å². The zero-order valence-corrected chi connectivity index (χ0v) is 17.7. The highest BCUT2D eigenvalue weighted by atomic mass is 19.1. The highest BCUT2D eigenvalue weighted by molar-refractivity contribution is 5.97. The van der Waals surface area contributed by atoms with Crippen molar-refractivity contribution in [2.45, 2.75) is 33.1 Å². The van der Waals surface area contributed by atoms with Gasteiger partial charge in [0.1, 0.15) is 12.4 Å². The SMILES string of the molecule is CCN(C(=O)COC(=O)CNC(=O)c1ccc(C(C)(C)C)cc1)c1ccc(F)cc1. The summed E-state index contributed by atoms with van der Waals surface area (Å²) >= 11 is 0. The molecule has 0 fully saturated rings. The number of likely N-dealkylation sites (N-methyl/N-ethyl adjacent to an activating group) is 1. The van der Waals surface area contributed by atoms with E-state index in [2.05, 4.69) is 26.1 Å². The number of nitrogens with zero attached hydrogens (tertiary/aromatic N) is 1. The van der Waals surface area contributed by atoms with Crippen LogP contribution in [-0.4, -0.2) is 37.5 Å². The number of nitrogens with one attached hydrogen (secondary N) is 1. The number of anilines is 1. The molecule has 160 valence electrons. The Morgan fingerprint density at radius 3 is 2.13 bits per heavy atom. The lowest BCUT2D eigenvalue weighted by Crippen LogP contribution is -2.36. The molecular formula is C23H27FN2O4. The standard InChI is InChI=1S/C23H27FN2O4/c1-5-26(19-12-10-18(24)11-13-19)20(27)15-30-21(28)14-25-22(29)16-6-8-17(9-7-16)23(2,3)4/h6-13H,5,14-15H2,1-4H3,(H,25,29). The lowest BCUT2D eigenvalue weighted by atomic mass is 9.87. The molecule has 0 aliphatic carbocycles. The van der Waals surface area contributed by atoms with E-state index in [1.165, 1.54) is 29.2 Å². The van der Waals surface area contributed by atoms with Crippen molar-refractivity contribution in [1.29, 1.82) is 0 Å². The second-order valence-electron chi connectivity index (χ2n) is 7.79. The third-order valence-corrected chi connectivity index (χ3v) is 4.52. The van der Waals surface area contributed by atoms with Crippen LogP contribution in [-0.2, 0) is 19.7 Å². The van der Waals surface area contributed by atoms with Crippen LogP contribution in [0, 0.1) is 5.82 Å². The predicted molar refractivity (Wildman–Crippen MR) is 113 cm³/mol. The molecule has 1 N–H and O–H groups in total. The number of amides is 2. The van der Waals surface area contributed by atoms with Gasteiger partial charge in [0.05, 0.1) is 0 Å².